The Labute approximate surface area is 110 Å². The molecule has 0 spiro atoms. The van der Waals surface area contributed by atoms with Crippen LogP contribution in [0.3, 0.4) is 0 Å². The van der Waals surface area contributed by atoms with E-state index in [1.54, 1.807) is 0 Å². The lowest BCUT2D eigenvalue weighted by molar-refractivity contribution is -0.402. The molecule has 0 fully saturated rings. The zero-order valence-corrected chi connectivity index (χ0v) is 10.6. The van der Waals surface area contributed by atoms with Crippen LogP contribution in [0.25, 0.3) is 0 Å². The Bertz CT molecular complexity index is 469. The van der Waals surface area contributed by atoms with Crippen LogP contribution in [-0.4, -0.2) is 28.7 Å². The number of furan rings is 1. The quantitative estimate of drug-likeness (QED) is 0.353. The second-order valence-electron chi connectivity index (χ2n) is 3.85. The van der Waals surface area contributed by atoms with Crippen LogP contribution in [-0.2, 0) is 0 Å². The molecule has 0 radical (unpaired) electrons. The number of hydrazone groups is 1. The van der Waals surface area contributed by atoms with Crippen LogP contribution in [0.2, 0.25) is 0 Å². The molecule has 2 amide bonds. The van der Waals surface area contributed by atoms with Crippen molar-refractivity contribution in [3.05, 3.63) is 28.0 Å². The summed E-state index contributed by atoms with van der Waals surface area (Å²) < 4.78 is 4.87. The lowest BCUT2D eigenvalue weighted by Crippen LogP contribution is -2.32. The molecule has 8 nitrogen and oxygen atoms in total. The first-order chi connectivity index (χ1) is 9.04. The number of urea groups is 1. The van der Waals surface area contributed by atoms with Crippen molar-refractivity contribution >= 4 is 18.1 Å². The van der Waals surface area contributed by atoms with Gasteiger partial charge in [-0.3, -0.25) is 10.1 Å². The van der Waals surface area contributed by atoms with E-state index in [9.17, 15) is 14.9 Å². The summed E-state index contributed by atoms with van der Waals surface area (Å²) in [7, 11) is 0. The van der Waals surface area contributed by atoms with Crippen molar-refractivity contribution < 1.29 is 14.1 Å². The Morgan fingerprint density at radius 1 is 1.58 bits per heavy atom. The van der Waals surface area contributed by atoms with Crippen LogP contribution in [0.5, 0.6) is 0 Å². The summed E-state index contributed by atoms with van der Waals surface area (Å²) in [4.78, 5) is 20.9. The molecule has 1 aromatic heterocycles. The molecule has 1 heterocycles. The van der Waals surface area contributed by atoms with Gasteiger partial charge in [-0.1, -0.05) is 19.8 Å². The Hall–Kier alpha value is -2.38. The number of unbranched alkanes of at least 4 members (excludes halogenated alkanes) is 2. The summed E-state index contributed by atoms with van der Waals surface area (Å²) in [6, 6.07) is 1.94. The zero-order valence-electron chi connectivity index (χ0n) is 10.6. The standard InChI is InChI=1S/C11H16N4O4/c1-2-3-4-7-14(11(12)16)13-8-9-5-6-10(19-9)15(17)18/h5-6,8H,2-4,7H2,1H3,(H2,12,16). The molecular formula is C11H16N4O4. The normalized spacial score (nSPS) is 10.8. The Morgan fingerprint density at radius 2 is 2.32 bits per heavy atom. The number of nitrogens with zero attached hydrogens (tertiary/aromatic N) is 3. The molecular weight excluding hydrogens is 252 g/mol. The topological polar surface area (TPSA) is 115 Å². The van der Waals surface area contributed by atoms with Crippen molar-refractivity contribution in [2.75, 3.05) is 6.54 Å². The summed E-state index contributed by atoms with van der Waals surface area (Å²) in [5.74, 6) is -0.188. The maximum absolute atomic E-state index is 11.1. The molecule has 0 aliphatic rings. The number of amides is 2. The van der Waals surface area contributed by atoms with Crippen LogP contribution < -0.4 is 5.73 Å². The number of nitrogens with two attached hydrogens (primary N) is 1. The lowest BCUT2D eigenvalue weighted by Gasteiger charge is -2.13. The summed E-state index contributed by atoms with van der Waals surface area (Å²) >= 11 is 0. The van der Waals surface area contributed by atoms with Gasteiger partial charge in [0.05, 0.1) is 12.3 Å². The highest BCUT2D eigenvalue weighted by Gasteiger charge is 2.11. The molecule has 1 rings (SSSR count). The minimum absolute atomic E-state index is 0.188. The molecule has 0 bridgehead atoms. The number of rotatable bonds is 7. The molecule has 1 aromatic rings. The maximum atomic E-state index is 11.1. The van der Waals surface area contributed by atoms with Gasteiger partial charge in [0.25, 0.3) is 0 Å². The minimum Gasteiger partial charge on any atom is -0.400 e. The number of nitro groups is 1. The van der Waals surface area contributed by atoms with Gasteiger partial charge < -0.3 is 10.2 Å². The van der Waals surface area contributed by atoms with Crippen molar-refractivity contribution in [2.45, 2.75) is 26.2 Å². The van der Waals surface area contributed by atoms with Gasteiger partial charge in [0, 0.05) is 6.54 Å². The molecule has 0 atom stereocenters. The second kappa shape index (κ2) is 7.14. The second-order valence-corrected chi connectivity index (χ2v) is 3.85. The SMILES string of the molecule is CCCCCN(N=Cc1ccc([N+](=O)[O-])o1)C(N)=O. The van der Waals surface area contributed by atoms with Crippen molar-refractivity contribution in [1.82, 2.24) is 5.01 Å². The lowest BCUT2D eigenvalue weighted by atomic mass is 10.2. The van der Waals surface area contributed by atoms with Crippen molar-refractivity contribution in [2.24, 2.45) is 10.8 Å². The van der Waals surface area contributed by atoms with Crippen molar-refractivity contribution in [1.29, 1.82) is 0 Å². The minimum atomic E-state index is -0.673. The number of hydrogen-bond donors (Lipinski definition) is 1. The number of hydrogen-bond acceptors (Lipinski definition) is 5. The Kier molecular flexibility index (Phi) is 5.52. The summed E-state index contributed by atoms with van der Waals surface area (Å²) in [5, 5.41) is 15.4. The molecule has 19 heavy (non-hydrogen) atoms. The highest BCUT2D eigenvalue weighted by molar-refractivity contribution is 5.79. The average Bonchev–Trinajstić information content (AvgIpc) is 2.82. The number of carbonyl (C=O) groups excluding carboxylic acids is 1. The first-order valence-electron chi connectivity index (χ1n) is 5.89. The highest BCUT2D eigenvalue weighted by atomic mass is 16.6. The summed E-state index contributed by atoms with van der Waals surface area (Å²) in [6.07, 6.45) is 3.99. The van der Waals surface area contributed by atoms with Gasteiger partial charge >= 0.3 is 11.9 Å². The first-order valence-corrected chi connectivity index (χ1v) is 5.89. The highest BCUT2D eigenvalue weighted by Crippen LogP contribution is 2.14. The third-order valence-electron chi connectivity index (χ3n) is 2.34. The molecule has 0 saturated carbocycles. The summed E-state index contributed by atoms with van der Waals surface area (Å²) in [6.45, 7) is 2.45. The van der Waals surface area contributed by atoms with Gasteiger partial charge in [0.2, 0.25) is 0 Å². The largest absolute Gasteiger partial charge is 0.433 e. The van der Waals surface area contributed by atoms with E-state index in [4.69, 9.17) is 10.2 Å². The predicted molar refractivity (Wildman–Crippen MR) is 68.8 cm³/mol. The van der Waals surface area contributed by atoms with Gasteiger partial charge in [-0.2, -0.15) is 5.10 Å². The van der Waals surface area contributed by atoms with E-state index in [1.807, 2.05) is 6.92 Å². The fourth-order valence-corrected chi connectivity index (χ4v) is 1.37. The molecule has 104 valence electrons. The van der Waals surface area contributed by atoms with E-state index in [1.165, 1.54) is 18.3 Å². The van der Waals surface area contributed by atoms with Crippen molar-refractivity contribution in [3.63, 3.8) is 0 Å². The maximum Gasteiger partial charge on any atom is 0.433 e. The molecule has 0 aromatic carbocycles. The van der Waals surface area contributed by atoms with Gasteiger partial charge in [0.1, 0.15) is 4.92 Å². The fraction of sp³-hybridized carbons (Fsp3) is 0.455. The molecule has 0 aliphatic carbocycles. The summed E-state index contributed by atoms with van der Waals surface area (Å²) in [5.41, 5.74) is 5.17. The van der Waals surface area contributed by atoms with Gasteiger partial charge in [0.15, 0.2) is 5.76 Å². The Morgan fingerprint density at radius 3 is 2.84 bits per heavy atom. The van der Waals surface area contributed by atoms with E-state index >= 15 is 0 Å². The van der Waals surface area contributed by atoms with Crippen LogP contribution in [0, 0.1) is 10.1 Å². The molecule has 8 heteroatoms. The molecule has 2 N–H and O–H groups in total. The smallest absolute Gasteiger partial charge is 0.400 e. The van der Waals surface area contributed by atoms with Crippen LogP contribution in [0.4, 0.5) is 10.7 Å². The predicted octanol–water partition coefficient (Wildman–Crippen LogP) is 2.09. The Balaban J connectivity index is 2.63. The molecule has 0 unspecified atom stereocenters. The average molecular weight is 268 g/mol. The van der Waals surface area contributed by atoms with Crippen LogP contribution in [0.1, 0.15) is 31.9 Å². The molecule has 0 aliphatic heterocycles. The third-order valence-corrected chi connectivity index (χ3v) is 2.34. The van der Waals surface area contributed by atoms with E-state index in [-0.39, 0.29) is 11.6 Å². The number of primary amides is 1. The van der Waals surface area contributed by atoms with Crippen molar-refractivity contribution in [3.8, 4) is 0 Å². The van der Waals surface area contributed by atoms with Gasteiger partial charge in [-0.05, 0) is 12.5 Å². The zero-order chi connectivity index (χ0) is 14.3. The van der Waals surface area contributed by atoms with Gasteiger partial charge in [-0.15, -0.1) is 0 Å². The first kappa shape index (κ1) is 14.7. The molecule has 0 saturated heterocycles. The third kappa shape index (κ3) is 4.78. The van der Waals surface area contributed by atoms with E-state index in [0.29, 0.717) is 6.54 Å². The fourth-order valence-electron chi connectivity index (χ4n) is 1.37. The van der Waals surface area contributed by atoms with E-state index in [0.717, 1.165) is 24.3 Å². The van der Waals surface area contributed by atoms with Crippen LogP contribution >= 0.6 is 0 Å². The monoisotopic (exact) mass is 268 g/mol. The number of carbonyl (C=O) groups is 1. The van der Waals surface area contributed by atoms with E-state index in [2.05, 4.69) is 5.10 Å². The van der Waals surface area contributed by atoms with E-state index < -0.39 is 11.0 Å². The van der Waals surface area contributed by atoms with Crippen LogP contribution in [0.15, 0.2) is 21.7 Å². The van der Waals surface area contributed by atoms with Gasteiger partial charge in [-0.25, -0.2) is 9.80 Å².